The lowest BCUT2D eigenvalue weighted by Gasteiger charge is -2.32. The molecule has 2 aliphatic rings. The summed E-state index contributed by atoms with van der Waals surface area (Å²) in [5.74, 6) is 0. The van der Waals surface area contributed by atoms with Crippen LogP contribution in [0.5, 0.6) is 0 Å². The van der Waals surface area contributed by atoms with Gasteiger partial charge in [-0.15, -0.1) is 23.7 Å². The van der Waals surface area contributed by atoms with Gasteiger partial charge in [-0.1, -0.05) is 0 Å². The van der Waals surface area contributed by atoms with E-state index in [1.165, 1.54) is 38.3 Å². The second-order valence-electron chi connectivity index (χ2n) is 5.63. The van der Waals surface area contributed by atoms with Gasteiger partial charge in [-0.2, -0.15) is 0 Å². The van der Waals surface area contributed by atoms with Gasteiger partial charge in [-0.25, -0.2) is 4.98 Å². The second kappa shape index (κ2) is 8.41. The fraction of sp³-hybridized carbons (Fsp3) is 0.786. The molecule has 1 aromatic rings. The van der Waals surface area contributed by atoms with E-state index in [1.54, 1.807) is 18.4 Å². The SMILES string of the molecule is COCc1nc(CN2CCC(N3CCNCC3)C2)cs1.Cl. The fourth-order valence-corrected chi connectivity index (χ4v) is 3.90. The second-order valence-corrected chi connectivity index (χ2v) is 6.57. The number of ether oxygens (including phenoxy) is 1. The Hall–Kier alpha value is -0.240. The molecule has 5 nitrogen and oxygen atoms in total. The summed E-state index contributed by atoms with van der Waals surface area (Å²) in [5, 5.41) is 6.68. The first-order valence-electron chi connectivity index (χ1n) is 7.44. The molecule has 2 aliphatic heterocycles. The van der Waals surface area contributed by atoms with Crippen LogP contribution in [0.2, 0.25) is 0 Å². The van der Waals surface area contributed by atoms with Crippen molar-refractivity contribution in [2.75, 3.05) is 46.4 Å². The first-order valence-corrected chi connectivity index (χ1v) is 8.32. The van der Waals surface area contributed by atoms with Crippen molar-refractivity contribution in [3.05, 3.63) is 16.1 Å². The molecule has 0 bridgehead atoms. The van der Waals surface area contributed by atoms with Gasteiger partial charge in [0.1, 0.15) is 5.01 Å². The van der Waals surface area contributed by atoms with Gasteiger partial charge in [0.05, 0.1) is 12.3 Å². The zero-order valence-electron chi connectivity index (χ0n) is 12.6. The molecule has 1 aromatic heterocycles. The molecule has 7 heteroatoms. The number of aromatic nitrogens is 1. The Morgan fingerprint density at radius 2 is 2.19 bits per heavy atom. The Balaban J connectivity index is 0.00000161. The van der Waals surface area contributed by atoms with Crippen molar-refractivity contribution in [1.82, 2.24) is 20.1 Å². The van der Waals surface area contributed by atoms with Gasteiger partial charge < -0.3 is 10.1 Å². The summed E-state index contributed by atoms with van der Waals surface area (Å²) in [7, 11) is 1.72. The summed E-state index contributed by atoms with van der Waals surface area (Å²) in [6.45, 7) is 8.70. The molecular formula is C14H25ClN4OS. The van der Waals surface area contributed by atoms with Gasteiger partial charge in [-0.05, 0) is 6.42 Å². The molecule has 3 heterocycles. The largest absolute Gasteiger partial charge is 0.378 e. The van der Waals surface area contributed by atoms with Crippen LogP contribution in [0.25, 0.3) is 0 Å². The number of nitrogens with one attached hydrogen (secondary N) is 1. The molecule has 0 aromatic carbocycles. The molecule has 0 radical (unpaired) electrons. The van der Waals surface area contributed by atoms with Crippen molar-refractivity contribution in [1.29, 1.82) is 0 Å². The van der Waals surface area contributed by atoms with Crippen LogP contribution in [0, 0.1) is 0 Å². The van der Waals surface area contributed by atoms with Crippen LogP contribution in [-0.4, -0.2) is 67.2 Å². The molecule has 2 saturated heterocycles. The normalized spacial score (nSPS) is 24.1. The zero-order valence-corrected chi connectivity index (χ0v) is 14.2. The van der Waals surface area contributed by atoms with Crippen LogP contribution < -0.4 is 5.32 Å². The quantitative estimate of drug-likeness (QED) is 0.877. The number of piperazine rings is 1. The number of likely N-dealkylation sites (tertiary alicyclic amines) is 1. The first kappa shape index (κ1) is 17.1. The number of hydrogen-bond acceptors (Lipinski definition) is 6. The lowest BCUT2D eigenvalue weighted by atomic mass is 10.2. The Kier molecular flexibility index (Phi) is 6.85. The van der Waals surface area contributed by atoms with Crippen LogP contribution in [-0.2, 0) is 17.9 Å². The highest BCUT2D eigenvalue weighted by Crippen LogP contribution is 2.19. The standard InChI is InChI=1S/C14H24N4OS.ClH/c1-19-10-14-16-12(11-20-14)8-17-5-2-13(9-17)18-6-3-15-4-7-18;/h11,13,15H,2-10H2,1H3;1H. The lowest BCUT2D eigenvalue weighted by Crippen LogP contribution is -2.49. The molecular weight excluding hydrogens is 308 g/mol. The Labute approximate surface area is 137 Å². The lowest BCUT2D eigenvalue weighted by molar-refractivity contribution is 0.170. The van der Waals surface area contributed by atoms with Gasteiger partial charge in [0.25, 0.3) is 0 Å². The van der Waals surface area contributed by atoms with Crippen molar-refractivity contribution < 1.29 is 4.74 Å². The highest BCUT2D eigenvalue weighted by Gasteiger charge is 2.28. The number of halogens is 1. The molecule has 1 unspecified atom stereocenters. The van der Waals surface area contributed by atoms with Crippen molar-refractivity contribution in [3.8, 4) is 0 Å². The molecule has 0 amide bonds. The van der Waals surface area contributed by atoms with Gasteiger partial charge in [-0.3, -0.25) is 9.80 Å². The first-order chi connectivity index (χ1) is 9.85. The van der Waals surface area contributed by atoms with E-state index in [1.807, 2.05) is 0 Å². The Morgan fingerprint density at radius 1 is 1.38 bits per heavy atom. The third-order valence-corrected chi connectivity index (χ3v) is 5.04. The predicted octanol–water partition coefficient (Wildman–Crippen LogP) is 1.19. The monoisotopic (exact) mass is 332 g/mol. The predicted molar refractivity (Wildman–Crippen MR) is 88.2 cm³/mol. The van der Waals surface area contributed by atoms with Crippen molar-refractivity contribution in [2.45, 2.75) is 25.6 Å². The van der Waals surface area contributed by atoms with Gasteiger partial charge in [0.2, 0.25) is 0 Å². The van der Waals surface area contributed by atoms with Crippen molar-refractivity contribution >= 4 is 23.7 Å². The summed E-state index contributed by atoms with van der Waals surface area (Å²) in [4.78, 5) is 9.82. The van der Waals surface area contributed by atoms with E-state index < -0.39 is 0 Å². The van der Waals surface area contributed by atoms with Gasteiger partial charge in [0, 0.05) is 64.3 Å². The number of methoxy groups -OCH3 is 1. The summed E-state index contributed by atoms with van der Waals surface area (Å²) < 4.78 is 5.13. The molecule has 0 aliphatic carbocycles. The average Bonchev–Trinajstić information content (AvgIpc) is 3.11. The van der Waals surface area contributed by atoms with E-state index in [-0.39, 0.29) is 12.4 Å². The maximum atomic E-state index is 5.13. The van der Waals surface area contributed by atoms with E-state index in [0.717, 1.165) is 30.7 Å². The number of rotatable bonds is 5. The van der Waals surface area contributed by atoms with Gasteiger partial charge in [0.15, 0.2) is 0 Å². The highest BCUT2D eigenvalue weighted by atomic mass is 35.5. The van der Waals surface area contributed by atoms with Crippen LogP contribution in [0.3, 0.4) is 0 Å². The average molecular weight is 333 g/mol. The van der Waals surface area contributed by atoms with Gasteiger partial charge >= 0.3 is 0 Å². The number of thiazole rings is 1. The van der Waals surface area contributed by atoms with E-state index in [2.05, 4.69) is 25.5 Å². The fourth-order valence-electron chi connectivity index (χ4n) is 3.14. The summed E-state index contributed by atoms with van der Waals surface area (Å²) in [6, 6.07) is 0.745. The Morgan fingerprint density at radius 3 is 2.95 bits per heavy atom. The number of hydrogen-bond donors (Lipinski definition) is 1. The third-order valence-electron chi connectivity index (χ3n) is 4.17. The summed E-state index contributed by atoms with van der Waals surface area (Å²) in [5.41, 5.74) is 1.20. The topological polar surface area (TPSA) is 40.6 Å². The third kappa shape index (κ3) is 4.61. The summed E-state index contributed by atoms with van der Waals surface area (Å²) in [6.07, 6.45) is 1.30. The molecule has 1 N–H and O–H groups in total. The highest BCUT2D eigenvalue weighted by molar-refractivity contribution is 7.09. The maximum Gasteiger partial charge on any atom is 0.119 e. The molecule has 0 saturated carbocycles. The molecule has 0 spiro atoms. The number of nitrogens with zero attached hydrogens (tertiary/aromatic N) is 3. The Bertz CT molecular complexity index is 425. The minimum atomic E-state index is 0. The zero-order chi connectivity index (χ0) is 13.8. The molecule has 1 atom stereocenters. The molecule has 2 fully saturated rings. The minimum absolute atomic E-state index is 0. The maximum absolute atomic E-state index is 5.13. The minimum Gasteiger partial charge on any atom is -0.378 e. The van der Waals surface area contributed by atoms with Crippen molar-refractivity contribution in [2.24, 2.45) is 0 Å². The van der Waals surface area contributed by atoms with Crippen LogP contribution in [0.15, 0.2) is 5.38 Å². The van der Waals surface area contributed by atoms with E-state index in [0.29, 0.717) is 6.61 Å². The molecule has 3 rings (SSSR count). The van der Waals surface area contributed by atoms with E-state index >= 15 is 0 Å². The van der Waals surface area contributed by atoms with Crippen molar-refractivity contribution in [3.63, 3.8) is 0 Å². The summed E-state index contributed by atoms with van der Waals surface area (Å²) >= 11 is 1.70. The molecule has 120 valence electrons. The smallest absolute Gasteiger partial charge is 0.119 e. The van der Waals surface area contributed by atoms with Crippen LogP contribution in [0.1, 0.15) is 17.1 Å². The van der Waals surface area contributed by atoms with E-state index in [4.69, 9.17) is 4.74 Å². The van der Waals surface area contributed by atoms with E-state index in [9.17, 15) is 0 Å². The van der Waals surface area contributed by atoms with Crippen LogP contribution >= 0.6 is 23.7 Å². The van der Waals surface area contributed by atoms with Crippen LogP contribution in [0.4, 0.5) is 0 Å². The molecule has 21 heavy (non-hydrogen) atoms.